The molecule has 8 heteroatoms. The van der Waals surface area contributed by atoms with Crippen molar-refractivity contribution < 1.29 is 23.1 Å². The molecule has 0 aromatic rings. The molecule has 2 N–H and O–H groups in total. The molecule has 0 radical (unpaired) electrons. The van der Waals surface area contributed by atoms with Gasteiger partial charge in [0.25, 0.3) is 0 Å². The van der Waals surface area contributed by atoms with E-state index in [9.17, 15) is 18.0 Å². The second kappa shape index (κ2) is 6.33. The van der Waals surface area contributed by atoms with Crippen LogP contribution in [0.5, 0.6) is 0 Å². The summed E-state index contributed by atoms with van der Waals surface area (Å²) in [5.41, 5.74) is 0. The molecule has 0 aliphatic carbocycles. The summed E-state index contributed by atoms with van der Waals surface area (Å²) in [7, 11) is -3.24. The van der Waals surface area contributed by atoms with Gasteiger partial charge in [0, 0.05) is 19.6 Å². The molecule has 0 saturated carbocycles. The van der Waals surface area contributed by atoms with Crippen LogP contribution in [-0.2, 0) is 19.6 Å². The van der Waals surface area contributed by atoms with Crippen LogP contribution in [0, 0.1) is 11.8 Å². The molecule has 1 fully saturated rings. The molecular weight excluding hydrogens is 272 g/mol. The zero-order valence-corrected chi connectivity index (χ0v) is 11.9. The molecule has 2 unspecified atom stereocenters. The summed E-state index contributed by atoms with van der Waals surface area (Å²) < 4.78 is 24.5. The van der Waals surface area contributed by atoms with Crippen molar-refractivity contribution in [3.8, 4) is 0 Å². The zero-order valence-electron chi connectivity index (χ0n) is 11.1. The second-order valence-electron chi connectivity index (χ2n) is 4.97. The van der Waals surface area contributed by atoms with Crippen LogP contribution in [0.4, 0.5) is 0 Å². The standard InChI is InChI=1S/C11H20N2O5S/c1-8(11(15)16)10(14)13-5-3-4-9(7-13)6-12-19(2,17)18/h8-9,12H,3-7H2,1-2H3,(H,15,16). The van der Waals surface area contributed by atoms with Gasteiger partial charge in [0.2, 0.25) is 15.9 Å². The number of nitrogens with one attached hydrogen (secondary N) is 1. The number of nitrogens with zero attached hydrogens (tertiary/aromatic N) is 1. The highest BCUT2D eigenvalue weighted by molar-refractivity contribution is 7.88. The maximum absolute atomic E-state index is 11.9. The lowest BCUT2D eigenvalue weighted by atomic mass is 9.97. The second-order valence-corrected chi connectivity index (χ2v) is 6.81. The molecule has 1 saturated heterocycles. The van der Waals surface area contributed by atoms with E-state index in [0.29, 0.717) is 13.1 Å². The third-order valence-electron chi connectivity index (χ3n) is 3.21. The number of carboxylic acids is 1. The number of likely N-dealkylation sites (tertiary alicyclic amines) is 1. The van der Waals surface area contributed by atoms with Crippen molar-refractivity contribution in [3.05, 3.63) is 0 Å². The molecule has 0 aromatic carbocycles. The first-order chi connectivity index (χ1) is 8.70. The van der Waals surface area contributed by atoms with Gasteiger partial charge in [-0.2, -0.15) is 0 Å². The van der Waals surface area contributed by atoms with Gasteiger partial charge < -0.3 is 10.0 Å². The van der Waals surface area contributed by atoms with Gasteiger partial charge in [0.15, 0.2) is 0 Å². The first-order valence-corrected chi connectivity index (χ1v) is 8.06. The van der Waals surface area contributed by atoms with Crippen molar-refractivity contribution in [1.82, 2.24) is 9.62 Å². The predicted octanol–water partition coefficient (Wildman–Crippen LogP) is -0.505. The van der Waals surface area contributed by atoms with Crippen molar-refractivity contribution >= 4 is 21.9 Å². The molecule has 0 spiro atoms. The first-order valence-electron chi connectivity index (χ1n) is 6.17. The highest BCUT2D eigenvalue weighted by Gasteiger charge is 2.30. The number of carbonyl (C=O) groups is 2. The Morgan fingerprint density at radius 3 is 2.63 bits per heavy atom. The van der Waals surface area contributed by atoms with Gasteiger partial charge >= 0.3 is 5.97 Å². The van der Waals surface area contributed by atoms with Crippen LogP contribution in [0.15, 0.2) is 0 Å². The Morgan fingerprint density at radius 2 is 2.11 bits per heavy atom. The van der Waals surface area contributed by atoms with Gasteiger partial charge in [-0.3, -0.25) is 9.59 Å². The summed E-state index contributed by atoms with van der Waals surface area (Å²) in [6, 6.07) is 0. The largest absolute Gasteiger partial charge is 0.481 e. The molecule has 19 heavy (non-hydrogen) atoms. The van der Waals surface area contributed by atoms with Gasteiger partial charge in [-0.25, -0.2) is 13.1 Å². The Kier molecular flexibility index (Phi) is 5.30. The van der Waals surface area contributed by atoms with E-state index in [2.05, 4.69) is 4.72 Å². The SMILES string of the molecule is CC(C(=O)O)C(=O)N1CCCC(CNS(C)(=O)=O)C1. The van der Waals surface area contributed by atoms with Crippen LogP contribution in [0.25, 0.3) is 0 Å². The quantitative estimate of drug-likeness (QED) is 0.665. The summed E-state index contributed by atoms with van der Waals surface area (Å²) in [6.45, 7) is 2.58. The van der Waals surface area contributed by atoms with E-state index in [1.54, 1.807) is 0 Å². The molecule has 1 amide bonds. The summed E-state index contributed by atoms with van der Waals surface area (Å²) >= 11 is 0. The highest BCUT2D eigenvalue weighted by Crippen LogP contribution is 2.18. The van der Waals surface area contributed by atoms with Gasteiger partial charge in [-0.15, -0.1) is 0 Å². The summed E-state index contributed by atoms with van der Waals surface area (Å²) in [5.74, 6) is -2.56. The van der Waals surface area contributed by atoms with Crippen LogP contribution in [-0.4, -0.2) is 56.2 Å². The topological polar surface area (TPSA) is 104 Å². The maximum Gasteiger partial charge on any atom is 0.315 e. The fourth-order valence-corrected chi connectivity index (χ4v) is 2.62. The van der Waals surface area contributed by atoms with Crippen LogP contribution < -0.4 is 4.72 Å². The number of carboxylic acid groups (broad SMARTS) is 1. The molecule has 110 valence electrons. The highest BCUT2D eigenvalue weighted by atomic mass is 32.2. The molecule has 2 atom stereocenters. The fraction of sp³-hybridized carbons (Fsp3) is 0.818. The number of piperidine rings is 1. The maximum atomic E-state index is 11.9. The van der Waals surface area contributed by atoms with Gasteiger partial charge in [-0.1, -0.05) is 0 Å². The molecule has 1 aliphatic heterocycles. The molecule has 1 aliphatic rings. The number of aliphatic carboxylic acids is 1. The van der Waals surface area contributed by atoms with E-state index in [0.717, 1.165) is 19.1 Å². The lowest BCUT2D eigenvalue weighted by Gasteiger charge is -2.33. The third kappa shape index (κ3) is 5.15. The van der Waals surface area contributed by atoms with Gasteiger partial charge in [0.1, 0.15) is 5.92 Å². The Labute approximate surface area is 113 Å². The van der Waals surface area contributed by atoms with Crippen molar-refractivity contribution in [2.45, 2.75) is 19.8 Å². The monoisotopic (exact) mass is 292 g/mol. The Hall–Kier alpha value is -1.15. The molecule has 0 aromatic heterocycles. The normalized spacial score (nSPS) is 22.0. The number of rotatable bonds is 5. The van der Waals surface area contributed by atoms with Gasteiger partial charge in [-0.05, 0) is 25.7 Å². The summed E-state index contributed by atoms with van der Waals surface area (Å²) in [5, 5.41) is 8.82. The Bertz CT molecular complexity index is 448. The van der Waals surface area contributed by atoms with Crippen LogP contribution in [0.1, 0.15) is 19.8 Å². The molecule has 1 rings (SSSR count). The number of carbonyl (C=O) groups excluding carboxylic acids is 1. The molecule has 0 bridgehead atoms. The van der Waals surface area contributed by atoms with Crippen LogP contribution in [0.3, 0.4) is 0 Å². The van der Waals surface area contributed by atoms with Crippen molar-refractivity contribution in [2.24, 2.45) is 11.8 Å². The number of amides is 1. The summed E-state index contributed by atoms with van der Waals surface area (Å²) in [4.78, 5) is 24.2. The van der Waals surface area contributed by atoms with E-state index in [-0.39, 0.29) is 12.5 Å². The minimum absolute atomic E-state index is 0.0356. The van der Waals surface area contributed by atoms with E-state index in [1.165, 1.54) is 11.8 Å². The number of sulfonamides is 1. The van der Waals surface area contributed by atoms with Crippen molar-refractivity contribution in [2.75, 3.05) is 25.9 Å². The minimum Gasteiger partial charge on any atom is -0.481 e. The first kappa shape index (κ1) is 15.9. The van der Waals surface area contributed by atoms with Crippen LogP contribution in [0.2, 0.25) is 0 Å². The fourth-order valence-electron chi connectivity index (χ4n) is 2.08. The molecule has 1 heterocycles. The Balaban J connectivity index is 2.55. The minimum atomic E-state index is -3.24. The summed E-state index contributed by atoms with van der Waals surface area (Å²) in [6.07, 6.45) is 2.67. The lowest BCUT2D eigenvalue weighted by molar-refractivity contribution is -0.151. The van der Waals surface area contributed by atoms with E-state index in [4.69, 9.17) is 5.11 Å². The third-order valence-corrected chi connectivity index (χ3v) is 3.90. The predicted molar refractivity (Wildman–Crippen MR) is 69.0 cm³/mol. The zero-order chi connectivity index (χ0) is 14.6. The average molecular weight is 292 g/mol. The van der Waals surface area contributed by atoms with E-state index >= 15 is 0 Å². The number of hydrogen-bond donors (Lipinski definition) is 2. The molecule has 7 nitrogen and oxygen atoms in total. The van der Waals surface area contributed by atoms with Crippen molar-refractivity contribution in [3.63, 3.8) is 0 Å². The van der Waals surface area contributed by atoms with Crippen LogP contribution >= 0.6 is 0 Å². The average Bonchev–Trinajstić information content (AvgIpc) is 2.34. The molecular formula is C11H20N2O5S. The Morgan fingerprint density at radius 1 is 1.47 bits per heavy atom. The van der Waals surface area contributed by atoms with Crippen molar-refractivity contribution in [1.29, 1.82) is 0 Å². The number of hydrogen-bond acceptors (Lipinski definition) is 4. The lowest BCUT2D eigenvalue weighted by Crippen LogP contribution is -2.46. The van der Waals surface area contributed by atoms with E-state index in [1.807, 2.05) is 0 Å². The van der Waals surface area contributed by atoms with E-state index < -0.39 is 27.8 Å². The van der Waals surface area contributed by atoms with Gasteiger partial charge in [0.05, 0.1) is 6.26 Å². The smallest absolute Gasteiger partial charge is 0.315 e.